The third-order valence-electron chi connectivity index (χ3n) is 15.2. The van der Waals surface area contributed by atoms with E-state index in [2.05, 4.69) is 58.8 Å². The molecule has 4 fully saturated rings. The fourth-order valence-corrected chi connectivity index (χ4v) is 12.4. The average Bonchev–Trinajstić information content (AvgIpc) is 3.54. The van der Waals surface area contributed by atoms with Crippen LogP contribution in [0, 0.1) is 50.7 Å². The number of fused-ring (bicyclic) bond motifs is 7. The fraction of sp³-hybridized carbons (Fsp3) is 0.775. The van der Waals surface area contributed by atoms with Gasteiger partial charge in [-0.05, 0) is 116 Å². The molecule has 0 saturated heterocycles. The molecule has 0 aliphatic heterocycles. The lowest BCUT2D eigenvalue weighted by Crippen LogP contribution is -2.67. The highest BCUT2D eigenvalue weighted by Gasteiger charge is 2.70. The molecule has 8 atom stereocenters. The molecule has 1 heterocycles. The van der Waals surface area contributed by atoms with E-state index in [0.717, 1.165) is 56.9 Å². The summed E-state index contributed by atoms with van der Waals surface area (Å²) in [6.45, 7) is 19.4. The Morgan fingerprint density at radius 2 is 1.69 bits per heavy atom. The highest BCUT2D eigenvalue weighted by Crippen LogP contribution is 2.76. The Kier molecular flexibility index (Phi) is 8.43. The molecule has 6 rings (SSSR count). The molecule has 5 aliphatic carbocycles. The summed E-state index contributed by atoms with van der Waals surface area (Å²) in [4.78, 5) is 56.6. The van der Waals surface area contributed by atoms with E-state index in [1.165, 1.54) is 5.57 Å². The largest absolute Gasteiger partial charge is 0.481 e. The summed E-state index contributed by atoms with van der Waals surface area (Å²) in [6.07, 6.45) is 10.8. The van der Waals surface area contributed by atoms with Gasteiger partial charge in [0.25, 0.3) is 5.91 Å². The van der Waals surface area contributed by atoms with Crippen molar-refractivity contribution in [2.24, 2.45) is 57.8 Å². The number of imidazole rings is 1. The number of aryl methyl sites for hydroxylation is 1. The fourth-order valence-electron chi connectivity index (χ4n) is 12.4. The van der Waals surface area contributed by atoms with E-state index < -0.39 is 22.9 Å². The third kappa shape index (κ3) is 5.17. The first-order valence-electron chi connectivity index (χ1n) is 18.6. The number of hydrogen-bond acceptors (Lipinski definition) is 6. The molecule has 270 valence electrons. The zero-order valence-corrected chi connectivity index (χ0v) is 31.5. The molecule has 1 aromatic heterocycles. The van der Waals surface area contributed by atoms with Crippen LogP contribution in [0.4, 0.5) is 0 Å². The highest BCUT2D eigenvalue weighted by atomic mass is 16.5. The quantitative estimate of drug-likeness (QED) is 0.290. The summed E-state index contributed by atoms with van der Waals surface area (Å²) in [5, 5.41) is 13.0. The molecule has 0 spiro atoms. The zero-order chi connectivity index (χ0) is 36.1. The Hall–Kier alpha value is -2.97. The summed E-state index contributed by atoms with van der Waals surface area (Å²) in [7, 11) is 1.82. The Labute approximate surface area is 292 Å². The minimum atomic E-state index is -1.17. The van der Waals surface area contributed by atoms with Gasteiger partial charge in [0.05, 0.1) is 29.9 Å². The molecule has 0 bridgehead atoms. The number of ether oxygens (including phenoxy) is 1. The Balaban J connectivity index is 1.30. The van der Waals surface area contributed by atoms with Gasteiger partial charge in [0.2, 0.25) is 0 Å². The number of carboxylic acids is 1. The summed E-state index contributed by atoms with van der Waals surface area (Å²) < 4.78 is 7.88. The maximum Gasteiger partial charge on any atom is 0.309 e. The molecule has 9 nitrogen and oxygen atoms in total. The Bertz CT molecular complexity index is 1600. The number of aliphatic carboxylic acids is 1. The second-order valence-electron chi connectivity index (χ2n) is 18.8. The number of carbonyl (C=O) groups is 4. The smallest absolute Gasteiger partial charge is 0.309 e. The number of Topliss-reactive ketones (excluding diaryl/α,β-unsaturated/α-hetero) is 1. The van der Waals surface area contributed by atoms with Crippen molar-refractivity contribution in [2.75, 3.05) is 0 Å². The lowest BCUT2D eigenvalue weighted by Gasteiger charge is -2.72. The van der Waals surface area contributed by atoms with E-state index >= 15 is 0 Å². The number of carboxylic acid groups (broad SMARTS) is 1. The summed E-state index contributed by atoms with van der Waals surface area (Å²) in [5.74, 6) is -0.286. The molecule has 1 aromatic rings. The van der Waals surface area contributed by atoms with Crippen LogP contribution in [0.25, 0.3) is 0 Å². The summed E-state index contributed by atoms with van der Waals surface area (Å²) in [5.41, 5.74) is 0.621. The molecule has 4 saturated carbocycles. The van der Waals surface area contributed by atoms with Crippen molar-refractivity contribution >= 4 is 23.6 Å². The van der Waals surface area contributed by atoms with Crippen LogP contribution in [0.15, 0.2) is 23.7 Å². The molecule has 0 aromatic carbocycles. The van der Waals surface area contributed by atoms with Gasteiger partial charge in [0.15, 0.2) is 5.78 Å². The van der Waals surface area contributed by atoms with Crippen LogP contribution in [0.2, 0.25) is 0 Å². The lowest BCUT2D eigenvalue weighted by molar-refractivity contribution is -0.232. The van der Waals surface area contributed by atoms with Gasteiger partial charge in [-0.25, -0.2) is 4.98 Å². The lowest BCUT2D eigenvalue weighted by atomic mass is 9.33. The number of amides is 1. The third-order valence-corrected chi connectivity index (χ3v) is 15.2. The molecule has 0 radical (unpaired) electrons. The molecular formula is C40H59N3O6. The predicted molar refractivity (Wildman–Crippen MR) is 186 cm³/mol. The van der Waals surface area contributed by atoms with Crippen molar-refractivity contribution < 1.29 is 29.0 Å². The van der Waals surface area contributed by atoms with Gasteiger partial charge in [0.1, 0.15) is 11.8 Å². The first-order valence-corrected chi connectivity index (χ1v) is 18.6. The molecule has 1 amide bonds. The van der Waals surface area contributed by atoms with Crippen molar-refractivity contribution in [3.63, 3.8) is 0 Å². The van der Waals surface area contributed by atoms with Gasteiger partial charge >= 0.3 is 11.9 Å². The molecule has 0 unspecified atom stereocenters. The van der Waals surface area contributed by atoms with Crippen LogP contribution in [0.1, 0.15) is 137 Å². The number of rotatable bonds is 7. The van der Waals surface area contributed by atoms with Gasteiger partial charge in [-0.1, -0.05) is 48.5 Å². The minimum Gasteiger partial charge on any atom is -0.481 e. The normalized spacial score (nSPS) is 38.3. The number of carbonyl (C=O) groups excluding carboxylic acids is 3. The summed E-state index contributed by atoms with van der Waals surface area (Å²) >= 11 is 0. The number of allylic oxidation sites excluding steroid dienone is 1. The van der Waals surface area contributed by atoms with Crippen molar-refractivity contribution in [3.8, 4) is 0 Å². The average molecular weight is 678 g/mol. The van der Waals surface area contributed by atoms with Gasteiger partial charge in [-0.3, -0.25) is 19.2 Å². The van der Waals surface area contributed by atoms with Crippen molar-refractivity contribution in [1.82, 2.24) is 14.9 Å². The van der Waals surface area contributed by atoms with Crippen LogP contribution >= 0.6 is 0 Å². The highest BCUT2D eigenvalue weighted by molar-refractivity contribution is 6.03. The number of ketones is 1. The number of esters is 1. The maximum atomic E-state index is 13.9. The molecule has 5 aliphatic rings. The van der Waals surface area contributed by atoms with Crippen LogP contribution < -0.4 is 5.32 Å². The van der Waals surface area contributed by atoms with Gasteiger partial charge < -0.3 is 19.7 Å². The van der Waals surface area contributed by atoms with E-state index in [1.807, 2.05) is 7.05 Å². The monoisotopic (exact) mass is 677 g/mol. The van der Waals surface area contributed by atoms with E-state index in [9.17, 15) is 24.3 Å². The molecular weight excluding hydrogens is 618 g/mol. The molecule has 49 heavy (non-hydrogen) atoms. The van der Waals surface area contributed by atoms with Crippen molar-refractivity contribution in [2.45, 2.75) is 138 Å². The molecule has 9 heteroatoms. The van der Waals surface area contributed by atoms with E-state index in [1.54, 1.807) is 30.9 Å². The van der Waals surface area contributed by atoms with E-state index in [0.29, 0.717) is 24.0 Å². The molecule has 2 N–H and O–H groups in total. The van der Waals surface area contributed by atoms with Crippen LogP contribution in [-0.2, 0) is 26.2 Å². The first-order chi connectivity index (χ1) is 22.6. The van der Waals surface area contributed by atoms with Crippen LogP contribution in [0.5, 0.6) is 0 Å². The number of nitrogens with one attached hydrogen (secondary N) is 1. The predicted octanol–water partition coefficient (Wildman–Crippen LogP) is 7.30. The Morgan fingerprint density at radius 3 is 2.31 bits per heavy atom. The van der Waals surface area contributed by atoms with Crippen LogP contribution in [-0.4, -0.2) is 49.9 Å². The first kappa shape index (κ1) is 35.8. The zero-order valence-electron chi connectivity index (χ0n) is 31.5. The number of hydrogen-bond donors (Lipinski definition) is 2. The SMILES string of the molecule is CC(C)C1=C2[C@H]3CC[C@@H]4[C@@]5(C)CC[C@H](OC(=O)CC(C)(C)C(=O)O)C(C)(C)[C@@H]5CC[C@@]4(C)[C@]3(C)CC[C@@]2(NC(=O)c2cncn2C)CC1=O. The standard InChI is InChI=1S/C40H59N3O6/c1-23(2)31-26(44)19-40(42-33(46)25-21-41-22-43(25)10)18-17-38(8)24(32(31)40)11-12-28-37(7)15-14-29(49-30(45)20-35(3,4)34(47)48)36(5,6)27(37)13-16-39(28,38)9/h21-24,27-29H,11-20H2,1-10H3,(H,42,46)(H,47,48)/t24-,27+,28-,29+,37+,38-,39-,40-/m1/s1. The van der Waals surface area contributed by atoms with Gasteiger partial charge in [-0.15, -0.1) is 0 Å². The second kappa shape index (κ2) is 11.5. The number of nitrogens with zero attached hydrogens (tertiary/aromatic N) is 2. The minimum absolute atomic E-state index is 0.0329. The van der Waals surface area contributed by atoms with Crippen molar-refractivity contribution in [1.29, 1.82) is 0 Å². The summed E-state index contributed by atoms with van der Waals surface area (Å²) in [6, 6.07) is 0. The Morgan fingerprint density at radius 1 is 1.00 bits per heavy atom. The number of aromatic nitrogens is 2. The van der Waals surface area contributed by atoms with E-state index in [4.69, 9.17) is 4.74 Å². The van der Waals surface area contributed by atoms with Gasteiger partial charge in [-0.2, -0.15) is 0 Å². The van der Waals surface area contributed by atoms with Crippen LogP contribution in [0.3, 0.4) is 0 Å². The second-order valence-corrected chi connectivity index (χ2v) is 18.8. The van der Waals surface area contributed by atoms with E-state index in [-0.39, 0.29) is 57.7 Å². The van der Waals surface area contributed by atoms with Crippen molar-refractivity contribution in [3.05, 3.63) is 29.4 Å². The maximum absolute atomic E-state index is 13.9. The topological polar surface area (TPSA) is 128 Å². The van der Waals surface area contributed by atoms with Gasteiger partial charge in [0, 0.05) is 18.9 Å².